The SMILES string of the molecule is Cc1ccc(C)c2sc(N(CCCN3CCOCC3)C(=O)CCSc3ccc(Cl)cc3)nc12. The van der Waals surface area contributed by atoms with Crippen molar-refractivity contribution in [1.82, 2.24) is 9.88 Å². The summed E-state index contributed by atoms with van der Waals surface area (Å²) in [6, 6.07) is 12.0. The van der Waals surface area contributed by atoms with E-state index in [1.54, 1.807) is 23.1 Å². The number of hydrogen-bond acceptors (Lipinski definition) is 6. The number of aromatic nitrogens is 1. The molecule has 0 saturated carbocycles. The molecule has 4 rings (SSSR count). The molecule has 2 aromatic carbocycles. The second-order valence-electron chi connectivity index (χ2n) is 8.28. The lowest BCUT2D eigenvalue weighted by atomic mass is 10.1. The van der Waals surface area contributed by atoms with Crippen molar-refractivity contribution < 1.29 is 9.53 Å². The van der Waals surface area contributed by atoms with E-state index in [0.717, 1.165) is 71.2 Å². The van der Waals surface area contributed by atoms with Gasteiger partial charge in [0.2, 0.25) is 5.91 Å². The summed E-state index contributed by atoms with van der Waals surface area (Å²) in [6.45, 7) is 9.35. The quantitative estimate of drug-likeness (QED) is 0.345. The van der Waals surface area contributed by atoms with Gasteiger partial charge in [0.05, 0.1) is 23.4 Å². The lowest BCUT2D eigenvalue weighted by Crippen LogP contribution is -2.39. The molecule has 0 aliphatic carbocycles. The highest BCUT2D eigenvalue weighted by Crippen LogP contribution is 2.33. The molecule has 3 aromatic rings. The number of hydrogen-bond donors (Lipinski definition) is 0. The molecule has 5 nitrogen and oxygen atoms in total. The van der Waals surface area contributed by atoms with E-state index in [2.05, 4.69) is 30.9 Å². The second kappa shape index (κ2) is 11.7. The summed E-state index contributed by atoms with van der Waals surface area (Å²) in [5.41, 5.74) is 3.37. The van der Waals surface area contributed by atoms with Crippen molar-refractivity contribution in [1.29, 1.82) is 0 Å². The predicted molar refractivity (Wildman–Crippen MR) is 140 cm³/mol. The first-order valence-electron chi connectivity index (χ1n) is 11.4. The molecule has 1 aliphatic rings. The van der Waals surface area contributed by atoms with Crippen molar-refractivity contribution in [3.8, 4) is 0 Å². The van der Waals surface area contributed by atoms with E-state index in [-0.39, 0.29) is 5.91 Å². The highest BCUT2D eigenvalue weighted by molar-refractivity contribution is 7.99. The number of fused-ring (bicyclic) bond motifs is 1. The molecule has 1 amide bonds. The van der Waals surface area contributed by atoms with Gasteiger partial charge in [0, 0.05) is 48.3 Å². The first kappa shape index (κ1) is 24.5. The van der Waals surface area contributed by atoms with Crippen LogP contribution in [-0.4, -0.2) is 60.9 Å². The molecular weight excluding hydrogens is 474 g/mol. The van der Waals surface area contributed by atoms with Gasteiger partial charge in [-0.05, 0) is 55.7 Å². The van der Waals surface area contributed by atoms with E-state index in [9.17, 15) is 4.79 Å². The molecule has 1 aliphatic heterocycles. The van der Waals surface area contributed by atoms with Gasteiger partial charge in [-0.1, -0.05) is 35.1 Å². The van der Waals surface area contributed by atoms with Gasteiger partial charge in [0.15, 0.2) is 5.13 Å². The van der Waals surface area contributed by atoms with Crippen LogP contribution in [0, 0.1) is 13.8 Å². The van der Waals surface area contributed by atoms with Gasteiger partial charge in [-0.25, -0.2) is 4.98 Å². The molecule has 33 heavy (non-hydrogen) atoms. The Hall–Kier alpha value is -1.64. The average Bonchev–Trinajstić information content (AvgIpc) is 3.27. The molecule has 0 unspecified atom stereocenters. The van der Waals surface area contributed by atoms with Crippen molar-refractivity contribution in [2.24, 2.45) is 0 Å². The molecule has 0 bridgehead atoms. The fourth-order valence-corrected chi connectivity index (χ4v) is 6.01. The summed E-state index contributed by atoms with van der Waals surface area (Å²) < 4.78 is 6.63. The summed E-state index contributed by atoms with van der Waals surface area (Å²) in [6.07, 6.45) is 1.39. The van der Waals surface area contributed by atoms with E-state index in [4.69, 9.17) is 21.3 Å². The fourth-order valence-electron chi connectivity index (χ4n) is 3.89. The van der Waals surface area contributed by atoms with Crippen molar-refractivity contribution in [2.45, 2.75) is 31.6 Å². The maximum atomic E-state index is 13.3. The molecule has 0 N–H and O–H groups in total. The number of carbonyl (C=O) groups excluding carboxylic acids is 1. The number of thiazole rings is 1. The molecule has 176 valence electrons. The van der Waals surface area contributed by atoms with E-state index in [0.29, 0.717) is 13.0 Å². The number of aryl methyl sites for hydroxylation is 2. The molecule has 0 radical (unpaired) electrons. The normalized spacial score (nSPS) is 14.6. The largest absolute Gasteiger partial charge is 0.379 e. The van der Waals surface area contributed by atoms with Crippen LogP contribution in [-0.2, 0) is 9.53 Å². The van der Waals surface area contributed by atoms with Crippen LogP contribution in [0.15, 0.2) is 41.3 Å². The topological polar surface area (TPSA) is 45.7 Å². The Morgan fingerprint density at radius 2 is 1.88 bits per heavy atom. The molecule has 2 heterocycles. The van der Waals surface area contributed by atoms with Crippen LogP contribution in [0.25, 0.3) is 10.2 Å². The van der Waals surface area contributed by atoms with Gasteiger partial charge in [0.25, 0.3) is 0 Å². The number of anilines is 1. The Labute approximate surface area is 209 Å². The van der Waals surface area contributed by atoms with Crippen LogP contribution in [0.3, 0.4) is 0 Å². The van der Waals surface area contributed by atoms with E-state index in [1.165, 1.54) is 10.3 Å². The standard InChI is InChI=1S/C25H30ClN3O2S2/c1-18-4-5-19(2)24-23(18)27-25(33-24)29(12-3-11-28-13-15-31-16-14-28)22(30)10-17-32-21-8-6-20(26)7-9-21/h4-9H,3,10-17H2,1-2H3. The third kappa shape index (κ3) is 6.49. The number of nitrogens with zero attached hydrogens (tertiary/aromatic N) is 3. The number of amides is 1. The Morgan fingerprint density at radius 1 is 1.15 bits per heavy atom. The maximum Gasteiger partial charge on any atom is 0.229 e. The number of ether oxygens (including phenoxy) is 1. The highest BCUT2D eigenvalue weighted by Gasteiger charge is 2.21. The minimum absolute atomic E-state index is 0.132. The lowest BCUT2D eigenvalue weighted by molar-refractivity contribution is -0.118. The van der Waals surface area contributed by atoms with Crippen LogP contribution in [0.1, 0.15) is 24.0 Å². The van der Waals surface area contributed by atoms with Crippen LogP contribution < -0.4 is 4.90 Å². The van der Waals surface area contributed by atoms with Crippen LogP contribution >= 0.6 is 34.7 Å². The highest BCUT2D eigenvalue weighted by atomic mass is 35.5. The van der Waals surface area contributed by atoms with Gasteiger partial charge in [-0.2, -0.15) is 0 Å². The summed E-state index contributed by atoms with van der Waals surface area (Å²) >= 11 is 9.29. The van der Waals surface area contributed by atoms with Gasteiger partial charge in [0.1, 0.15) is 0 Å². The van der Waals surface area contributed by atoms with Gasteiger partial charge >= 0.3 is 0 Å². The van der Waals surface area contributed by atoms with Crippen LogP contribution in [0.2, 0.25) is 5.02 Å². The van der Waals surface area contributed by atoms with Crippen molar-refractivity contribution >= 4 is 56.0 Å². The van der Waals surface area contributed by atoms with E-state index >= 15 is 0 Å². The van der Waals surface area contributed by atoms with Gasteiger partial charge in [-0.15, -0.1) is 11.8 Å². The molecular formula is C25H30ClN3O2S2. The van der Waals surface area contributed by atoms with Crippen LogP contribution in [0.5, 0.6) is 0 Å². The number of rotatable bonds is 9. The predicted octanol–water partition coefficient (Wildman–Crippen LogP) is 5.80. The molecule has 1 saturated heterocycles. The average molecular weight is 504 g/mol. The molecule has 0 spiro atoms. The molecule has 8 heteroatoms. The van der Waals surface area contributed by atoms with Gasteiger partial charge < -0.3 is 4.74 Å². The minimum Gasteiger partial charge on any atom is -0.379 e. The Kier molecular flexibility index (Phi) is 8.66. The zero-order chi connectivity index (χ0) is 23.2. The molecule has 0 atom stereocenters. The number of morpholine rings is 1. The van der Waals surface area contributed by atoms with Gasteiger partial charge in [-0.3, -0.25) is 14.6 Å². The monoisotopic (exact) mass is 503 g/mol. The van der Waals surface area contributed by atoms with Crippen LogP contribution in [0.4, 0.5) is 5.13 Å². The minimum atomic E-state index is 0.132. The van der Waals surface area contributed by atoms with Crippen molar-refractivity contribution in [3.05, 3.63) is 52.5 Å². The van der Waals surface area contributed by atoms with E-state index < -0.39 is 0 Å². The second-order valence-corrected chi connectivity index (χ2v) is 10.9. The summed E-state index contributed by atoms with van der Waals surface area (Å²) in [7, 11) is 0. The Bertz CT molecular complexity index is 1040. The zero-order valence-electron chi connectivity index (χ0n) is 19.2. The lowest BCUT2D eigenvalue weighted by Gasteiger charge is -2.27. The molecule has 1 aromatic heterocycles. The summed E-state index contributed by atoms with van der Waals surface area (Å²) in [5.74, 6) is 0.858. The number of carbonyl (C=O) groups is 1. The smallest absolute Gasteiger partial charge is 0.229 e. The maximum absolute atomic E-state index is 13.3. The Balaban J connectivity index is 1.45. The van der Waals surface area contributed by atoms with Crippen molar-refractivity contribution in [3.63, 3.8) is 0 Å². The van der Waals surface area contributed by atoms with E-state index in [1.807, 2.05) is 29.2 Å². The third-order valence-electron chi connectivity index (χ3n) is 5.82. The number of benzene rings is 2. The molecule has 1 fully saturated rings. The summed E-state index contributed by atoms with van der Waals surface area (Å²) in [4.78, 5) is 23.7. The first-order valence-corrected chi connectivity index (χ1v) is 13.5. The third-order valence-corrected chi connectivity index (χ3v) is 8.30. The van der Waals surface area contributed by atoms with Crippen molar-refractivity contribution in [2.75, 3.05) is 50.0 Å². The first-order chi connectivity index (χ1) is 16.0. The zero-order valence-corrected chi connectivity index (χ0v) is 21.6. The number of thioether (sulfide) groups is 1. The fraction of sp³-hybridized carbons (Fsp3) is 0.440. The Morgan fingerprint density at radius 3 is 2.61 bits per heavy atom. The summed E-state index contributed by atoms with van der Waals surface area (Å²) in [5, 5.41) is 1.54. The number of halogens is 1.